The van der Waals surface area contributed by atoms with Crippen LogP contribution in [0, 0.1) is 0 Å². The first-order valence-electron chi connectivity index (χ1n) is 11.6. The Balaban J connectivity index is 1.47. The molecule has 3 aliphatic rings. The van der Waals surface area contributed by atoms with E-state index in [1.807, 2.05) is 13.8 Å². The quantitative estimate of drug-likeness (QED) is 0.596. The number of benzene rings is 1. The third-order valence-electron chi connectivity index (χ3n) is 6.68. The maximum absolute atomic E-state index is 13.3. The molecule has 182 valence electrons. The lowest BCUT2D eigenvalue weighted by atomic mass is 9.97. The van der Waals surface area contributed by atoms with Gasteiger partial charge in [0.2, 0.25) is 10.0 Å². The lowest BCUT2D eigenvalue weighted by Crippen LogP contribution is -2.52. The Morgan fingerprint density at radius 3 is 2.39 bits per heavy atom. The van der Waals surface area contributed by atoms with Gasteiger partial charge in [-0.3, -0.25) is 9.59 Å². The third-order valence-corrected chi connectivity index (χ3v) is 8.59. The van der Waals surface area contributed by atoms with Crippen LogP contribution in [-0.4, -0.2) is 73.5 Å². The summed E-state index contributed by atoms with van der Waals surface area (Å²) in [6, 6.07) is 3.65. The Morgan fingerprint density at radius 1 is 1.03 bits per heavy atom. The monoisotopic (exact) mass is 480 g/mol. The van der Waals surface area contributed by atoms with Crippen molar-refractivity contribution in [1.82, 2.24) is 9.21 Å². The van der Waals surface area contributed by atoms with Crippen LogP contribution in [0.3, 0.4) is 0 Å². The smallest absolute Gasteiger partial charge is 0.325 e. The fourth-order valence-corrected chi connectivity index (χ4v) is 6.61. The summed E-state index contributed by atoms with van der Waals surface area (Å²) in [6.07, 6.45) is 2.81. The van der Waals surface area contributed by atoms with E-state index in [0.717, 1.165) is 19.3 Å². The highest BCUT2D eigenvalue weighted by Crippen LogP contribution is 2.35. The molecule has 4 rings (SSSR count). The number of likely N-dealkylation sites (tertiary alicyclic amines) is 1. The summed E-state index contributed by atoms with van der Waals surface area (Å²) in [4.78, 5) is 27.8. The number of sulfonamides is 1. The minimum absolute atomic E-state index is 0.0338. The standard InChI is InChI=1S/C23H32N2O7S/c1-15-6-4-7-16(2)25(15)22(26)17(3)32-23(27)19-8-5-11-24(19)33(28,29)18-9-10-20-21(14-18)31-13-12-30-20/h9-10,14-17,19H,4-8,11-13H2,1-3H3/t15-,16-,17-,19+/m1/s1. The number of carbonyl (C=O) groups is 2. The predicted octanol–water partition coefficient (Wildman–Crippen LogP) is 2.33. The summed E-state index contributed by atoms with van der Waals surface area (Å²) in [5, 5.41) is 0. The molecule has 33 heavy (non-hydrogen) atoms. The van der Waals surface area contributed by atoms with Crippen molar-refractivity contribution in [3.63, 3.8) is 0 Å². The lowest BCUT2D eigenvalue weighted by molar-refractivity contribution is -0.164. The van der Waals surface area contributed by atoms with Crippen molar-refractivity contribution in [3.8, 4) is 11.5 Å². The minimum Gasteiger partial charge on any atom is -0.486 e. The molecule has 0 spiro atoms. The number of piperidine rings is 1. The molecule has 0 N–H and O–H groups in total. The highest BCUT2D eigenvalue weighted by Gasteiger charge is 2.42. The Morgan fingerprint density at radius 2 is 1.70 bits per heavy atom. The van der Waals surface area contributed by atoms with Crippen molar-refractivity contribution in [1.29, 1.82) is 0 Å². The first kappa shape index (κ1) is 23.8. The van der Waals surface area contributed by atoms with E-state index in [4.69, 9.17) is 14.2 Å². The van der Waals surface area contributed by atoms with Crippen LogP contribution in [0.2, 0.25) is 0 Å². The van der Waals surface area contributed by atoms with Crippen molar-refractivity contribution in [2.24, 2.45) is 0 Å². The average Bonchev–Trinajstić information content (AvgIpc) is 3.29. The molecule has 9 nitrogen and oxygen atoms in total. The summed E-state index contributed by atoms with van der Waals surface area (Å²) >= 11 is 0. The summed E-state index contributed by atoms with van der Waals surface area (Å²) in [6.45, 7) is 6.52. The Kier molecular flexibility index (Phi) is 6.86. The van der Waals surface area contributed by atoms with E-state index in [9.17, 15) is 18.0 Å². The first-order valence-corrected chi connectivity index (χ1v) is 13.1. The molecule has 3 aliphatic heterocycles. The molecule has 0 bridgehead atoms. The molecular weight excluding hydrogens is 448 g/mol. The molecule has 3 heterocycles. The van der Waals surface area contributed by atoms with Gasteiger partial charge in [-0.05, 0) is 65.0 Å². The summed E-state index contributed by atoms with van der Waals surface area (Å²) in [5.41, 5.74) is 0. The van der Waals surface area contributed by atoms with E-state index in [-0.39, 0.29) is 29.4 Å². The van der Waals surface area contributed by atoms with Crippen LogP contribution in [0.15, 0.2) is 23.1 Å². The predicted molar refractivity (Wildman–Crippen MR) is 120 cm³/mol. The molecule has 1 aromatic rings. The van der Waals surface area contributed by atoms with Gasteiger partial charge >= 0.3 is 5.97 Å². The zero-order valence-corrected chi connectivity index (χ0v) is 20.2. The maximum Gasteiger partial charge on any atom is 0.325 e. The number of amides is 1. The molecule has 0 aliphatic carbocycles. The highest BCUT2D eigenvalue weighted by atomic mass is 32.2. The van der Waals surface area contributed by atoms with Gasteiger partial charge in [0, 0.05) is 24.7 Å². The van der Waals surface area contributed by atoms with E-state index < -0.39 is 28.1 Å². The summed E-state index contributed by atoms with van der Waals surface area (Å²) in [5.74, 6) is -0.0650. The van der Waals surface area contributed by atoms with Crippen LogP contribution in [0.4, 0.5) is 0 Å². The van der Waals surface area contributed by atoms with Crippen LogP contribution < -0.4 is 9.47 Å². The van der Waals surface area contributed by atoms with Crippen molar-refractivity contribution < 1.29 is 32.2 Å². The average molecular weight is 481 g/mol. The summed E-state index contributed by atoms with van der Waals surface area (Å²) < 4.78 is 44.3. The maximum atomic E-state index is 13.3. The normalized spacial score (nSPS) is 26.6. The second-order valence-corrected chi connectivity index (χ2v) is 10.9. The summed E-state index contributed by atoms with van der Waals surface area (Å²) in [7, 11) is -3.96. The minimum atomic E-state index is -3.96. The molecule has 0 aromatic heterocycles. The Labute approximate surface area is 195 Å². The van der Waals surface area contributed by atoms with Gasteiger partial charge in [-0.1, -0.05) is 0 Å². The second-order valence-electron chi connectivity index (χ2n) is 9.03. The second kappa shape index (κ2) is 9.50. The Hall–Kier alpha value is -2.33. The fraction of sp³-hybridized carbons (Fsp3) is 0.652. The number of esters is 1. The molecule has 2 fully saturated rings. The molecule has 0 radical (unpaired) electrons. The van der Waals surface area contributed by atoms with Crippen LogP contribution >= 0.6 is 0 Å². The van der Waals surface area contributed by atoms with Crippen LogP contribution in [0.5, 0.6) is 11.5 Å². The van der Waals surface area contributed by atoms with Crippen molar-refractivity contribution in [2.75, 3.05) is 19.8 Å². The van der Waals surface area contributed by atoms with Crippen LogP contribution in [0.1, 0.15) is 52.9 Å². The molecule has 0 unspecified atom stereocenters. The van der Waals surface area contributed by atoms with Gasteiger partial charge in [0.25, 0.3) is 5.91 Å². The number of hydrogen-bond donors (Lipinski definition) is 0. The number of fused-ring (bicyclic) bond motifs is 1. The van der Waals surface area contributed by atoms with E-state index in [2.05, 4.69) is 0 Å². The number of hydrogen-bond acceptors (Lipinski definition) is 7. The molecular formula is C23H32N2O7S. The van der Waals surface area contributed by atoms with E-state index in [1.165, 1.54) is 16.4 Å². The first-order chi connectivity index (χ1) is 15.7. The third kappa shape index (κ3) is 4.68. The van der Waals surface area contributed by atoms with Crippen molar-refractivity contribution >= 4 is 21.9 Å². The SMILES string of the molecule is C[C@@H]1CCC[C@@H](C)N1C(=O)[C@@H](C)OC(=O)[C@@H]1CCCN1S(=O)(=O)c1ccc2c(c1)OCCO2. The number of nitrogens with zero attached hydrogens (tertiary/aromatic N) is 2. The van der Waals surface area contributed by atoms with E-state index in [0.29, 0.717) is 37.6 Å². The largest absolute Gasteiger partial charge is 0.486 e. The zero-order chi connectivity index (χ0) is 23.8. The van der Waals surface area contributed by atoms with Crippen molar-refractivity contribution in [2.45, 2.75) is 82.0 Å². The van der Waals surface area contributed by atoms with E-state index in [1.54, 1.807) is 17.9 Å². The fourth-order valence-electron chi connectivity index (χ4n) is 4.95. The van der Waals surface area contributed by atoms with Crippen molar-refractivity contribution in [3.05, 3.63) is 18.2 Å². The van der Waals surface area contributed by atoms with Crippen LogP contribution in [0.25, 0.3) is 0 Å². The van der Waals surface area contributed by atoms with Gasteiger partial charge in [0.1, 0.15) is 19.3 Å². The molecule has 1 amide bonds. The van der Waals surface area contributed by atoms with Gasteiger partial charge in [-0.15, -0.1) is 0 Å². The molecule has 0 saturated carbocycles. The van der Waals surface area contributed by atoms with Gasteiger partial charge in [-0.25, -0.2) is 8.42 Å². The topological polar surface area (TPSA) is 102 Å². The van der Waals surface area contributed by atoms with Crippen LogP contribution in [-0.2, 0) is 24.3 Å². The highest BCUT2D eigenvalue weighted by molar-refractivity contribution is 7.89. The lowest BCUT2D eigenvalue weighted by Gasteiger charge is -2.40. The van der Waals surface area contributed by atoms with Gasteiger partial charge < -0.3 is 19.1 Å². The molecule has 4 atom stereocenters. The molecule has 10 heteroatoms. The van der Waals surface area contributed by atoms with Gasteiger partial charge in [0.15, 0.2) is 17.6 Å². The molecule has 1 aromatic carbocycles. The Bertz CT molecular complexity index is 1000. The molecule has 2 saturated heterocycles. The zero-order valence-electron chi connectivity index (χ0n) is 19.4. The number of rotatable bonds is 5. The van der Waals surface area contributed by atoms with E-state index >= 15 is 0 Å². The van der Waals surface area contributed by atoms with Gasteiger partial charge in [0.05, 0.1) is 4.90 Å². The number of ether oxygens (including phenoxy) is 3. The number of carbonyl (C=O) groups excluding carboxylic acids is 2. The van der Waals surface area contributed by atoms with Gasteiger partial charge in [-0.2, -0.15) is 4.31 Å².